The lowest BCUT2D eigenvalue weighted by Crippen LogP contribution is -2.36. The van der Waals surface area contributed by atoms with Gasteiger partial charge in [0.05, 0.1) is 0 Å². The van der Waals surface area contributed by atoms with Crippen molar-refractivity contribution < 1.29 is 9.59 Å². The molecule has 0 aliphatic carbocycles. The minimum absolute atomic E-state index is 0.133. The van der Waals surface area contributed by atoms with E-state index in [4.69, 9.17) is 11.6 Å². The van der Waals surface area contributed by atoms with Gasteiger partial charge in [-0.05, 0) is 31.2 Å². The average Bonchev–Trinajstić information content (AvgIpc) is 2.54. The number of rotatable bonds is 5. The van der Waals surface area contributed by atoms with E-state index in [0.29, 0.717) is 21.8 Å². The van der Waals surface area contributed by atoms with Gasteiger partial charge >= 0.3 is 0 Å². The normalized spacial score (nSPS) is 10.9. The Morgan fingerprint density at radius 1 is 0.909 bits per heavy atom. The van der Waals surface area contributed by atoms with E-state index in [1.165, 1.54) is 6.08 Å². The van der Waals surface area contributed by atoms with Crippen molar-refractivity contribution in [1.82, 2.24) is 10.9 Å². The number of hydrogen-bond donors (Lipinski definition) is 2. The molecular weight excluding hydrogens is 300 g/mol. The van der Waals surface area contributed by atoms with Crippen molar-refractivity contribution >= 4 is 23.3 Å². The number of allylic oxidation sites excluding steroid dienone is 2. The Bertz CT molecular complexity index is 694. The Morgan fingerprint density at radius 3 is 2.18 bits per heavy atom. The summed E-state index contributed by atoms with van der Waals surface area (Å²) in [5.74, 6) is -0.442. The lowest BCUT2D eigenvalue weighted by Gasteiger charge is -2.08. The van der Waals surface area contributed by atoms with E-state index in [-0.39, 0.29) is 11.7 Å². The van der Waals surface area contributed by atoms with Crippen LogP contribution in [0, 0.1) is 0 Å². The van der Waals surface area contributed by atoms with E-state index >= 15 is 0 Å². The second kappa shape index (κ2) is 7.43. The molecule has 1 amide bonds. The lowest BCUT2D eigenvalue weighted by molar-refractivity contribution is 0.0936. The third-order valence-electron chi connectivity index (χ3n) is 2.89. The zero-order valence-corrected chi connectivity index (χ0v) is 12.7. The summed E-state index contributed by atoms with van der Waals surface area (Å²) in [6.45, 7) is 1.70. The SMILES string of the molecule is C/C(=C/C(=O)c1ccccc1)NNC(=O)c1ccc(Cl)cc1. The van der Waals surface area contributed by atoms with Crippen molar-refractivity contribution in [2.45, 2.75) is 6.92 Å². The third-order valence-corrected chi connectivity index (χ3v) is 3.14. The van der Waals surface area contributed by atoms with Gasteiger partial charge < -0.3 is 5.43 Å². The summed E-state index contributed by atoms with van der Waals surface area (Å²) in [4.78, 5) is 23.9. The molecule has 0 bridgehead atoms. The van der Waals surface area contributed by atoms with Crippen LogP contribution in [-0.2, 0) is 0 Å². The molecule has 0 fully saturated rings. The number of ketones is 1. The molecule has 0 aliphatic rings. The van der Waals surface area contributed by atoms with Crippen LogP contribution in [0.5, 0.6) is 0 Å². The quantitative estimate of drug-likeness (QED) is 0.505. The van der Waals surface area contributed by atoms with Gasteiger partial charge in [0.2, 0.25) is 0 Å². The van der Waals surface area contributed by atoms with Gasteiger partial charge in [-0.2, -0.15) is 0 Å². The Balaban J connectivity index is 1.93. The van der Waals surface area contributed by atoms with Crippen LogP contribution in [0.15, 0.2) is 66.4 Å². The molecule has 0 atom stereocenters. The highest BCUT2D eigenvalue weighted by molar-refractivity contribution is 6.30. The predicted molar refractivity (Wildman–Crippen MR) is 86.6 cm³/mol. The monoisotopic (exact) mass is 314 g/mol. The van der Waals surface area contributed by atoms with Crippen LogP contribution in [0.25, 0.3) is 0 Å². The Morgan fingerprint density at radius 2 is 1.55 bits per heavy atom. The fourth-order valence-electron chi connectivity index (χ4n) is 1.75. The molecule has 0 unspecified atom stereocenters. The molecule has 2 rings (SSSR count). The second-order valence-electron chi connectivity index (χ2n) is 4.64. The molecular formula is C17H15ClN2O2. The molecule has 0 aliphatic heterocycles. The van der Waals surface area contributed by atoms with Crippen LogP contribution in [0.2, 0.25) is 5.02 Å². The molecule has 0 radical (unpaired) electrons. The Kier molecular flexibility index (Phi) is 5.33. The van der Waals surface area contributed by atoms with Crippen molar-refractivity contribution in [2.75, 3.05) is 0 Å². The topological polar surface area (TPSA) is 58.2 Å². The fraction of sp³-hybridized carbons (Fsp3) is 0.0588. The van der Waals surface area contributed by atoms with Crippen LogP contribution >= 0.6 is 11.6 Å². The number of halogens is 1. The maximum atomic E-state index is 12.0. The van der Waals surface area contributed by atoms with Crippen molar-refractivity contribution in [1.29, 1.82) is 0 Å². The van der Waals surface area contributed by atoms with Crippen LogP contribution in [0.4, 0.5) is 0 Å². The molecule has 5 heteroatoms. The first-order chi connectivity index (χ1) is 10.6. The smallest absolute Gasteiger partial charge is 0.269 e. The highest BCUT2D eigenvalue weighted by Crippen LogP contribution is 2.09. The summed E-state index contributed by atoms with van der Waals surface area (Å²) in [6, 6.07) is 15.4. The van der Waals surface area contributed by atoms with Crippen LogP contribution in [-0.4, -0.2) is 11.7 Å². The molecule has 4 nitrogen and oxygen atoms in total. The van der Waals surface area contributed by atoms with E-state index in [2.05, 4.69) is 10.9 Å². The second-order valence-corrected chi connectivity index (χ2v) is 5.08. The van der Waals surface area contributed by atoms with Gasteiger partial charge in [0.15, 0.2) is 5.78 Å². The minimum atomic E-state index is -0.309. The number of nitrogens with one attached hydrogen (secondary N) is 2. The van der Waals surface area contributed by atoms with E-state index < -0.39 is 0 Å². The standard InChI is InChI=1S/C17H15ClN2O2/c1-12(11-16(21)13-5-3-2-4-6-13)19-20-17(22)14-7-9-15(18)10-8-14/h2-11,19H,1H3,(H,20,22)/b12-11-. The largest absolute Gasteiger partial charge is 0.303 e. The van der Waals surface area contributed by atoms with Crippen molar-refractivity contribution in [3.63, 3.8) is 0 Å². The summed E-state index contributed by atoms with van der Waals surface area (Å²) >= 11 is 5.77. The number of benzene rings is 2. The van der Waals surface area contributed by atoms with Gasteiger partial charge in [0, 0.05) is 27.9 Å². The van der Waals surface area contributed by atoms with E-state index in [9.17, 15) is 9.59 Å². The van der Waals surface area contributed by atoms with Crippen LogP contribution in [0.1, 0.15) is 27.6 Å². The first-order valence-electron chi connectivity index (χ1n) is 6.66. The first kappa shape index (κ1) is 15.8. The number of hydrogen-bond acceptors (Lipinski definition) is 3. The molecule has 0 spiro atoms. The lowest BCUT2D eigenvalue weighted by atomic mass is 10.1. The summed E-state index contributed by atoms with van der Waals surface area (Å²) in [5.41, 5.74) is 6.83. The molecule has 112 valence electrons. The Hall–Kier alpha value is -2.59. The molecule has 2 aromatic carbocycles. The summed E-state index contributed by atoms with van der Waals surface area (Å²) < 4.78 is 0. The third kappa shape index (κ3) is 4.46. The van der Waals surface area contributed by atoms with Gasteiger partial charge in [-0.15, -0.1) is 0 Å². The molecule has 0 saturated heterocycles. The zero-order valence-electron chi connectivity index (χ0n) is 12.0. The van der Waals surface area contributed by atoms with Gasteiger partial charge in [-0.25, -0.2) is 0 Å². The molecule has 0 saturated carbocycles. The van der Waals surface area contributed by atoms with E-state index in [1.54, 1.807) is 55.5 Å². The van der Waals surface area contributed by atoms with E-state index in [0.717, 1.165) is 0 Å². The van der Waals surface area contributed by atoms with Gasteiger partial charge in [0.1, 0.15) is 0 Å². The van der Waals surface area contributed by atoms with E-state index in [1.807, 2.05) is 6.07 Å². The number of amides is 1. The van der Waals surface area contributed by atoms with Crippen LogP contribution < -0.4 is 10.9 Å². The highest BCUT2D eigenvalue weighted by Gasteiger charge is 2.05. The van der Waals surface area contributed by atoms with Crippen LogP contribution in [0.3, 0.4) is 0 Å². The minimum Gasteiger partial charge on any atom is -0.303 e. The molecule has 0 aromatic heterocycles. The summed E-state index contributed by atoms with van der Waals surface area (Å²) in [5, 5.41) is 0.564. The molecule has 2 aromatic rings. The maximum absolute atomic E-state index is 12.0. The summed E-state index contributed by atoms with van der Waals surface area (Å²) in [7, 11) is 0. The van der Waals surface area contributed by atoms with Gasteiger partial charge in [-0.3, -0.25) is 15.0 Å². The van der Waals surface area contributed by atoms with Crippen molar-refractivity contribution in [2.24, 2.45) is 0 Å². The number of carbonyl (C=O) groups excluding carboxylic acids is 2. The van der Waals surface area contributed by atoms with Gasteiger partial charge in [0.25, 0.3) is 5.91 Å². The fourth-order valence-corrected chi connectivity index (χ4v) is 1.87. The average molecular weight is 315 g/mol. The van der Waals surface area contributed by atoms with Gasteiger partial charge in [-0.1, -0.05) is 41.9 Å². The maximum Gasteiger partial charge on any atom is 0.269 e. The summed E-state index contributed by atoms with van der Waals surface area (Å²) in [6.07, 6.45) is 1.43. The first-order valence-corrected chi connectivity index (χ1v) is 7.03. The Labute approximate surface area is 133 Å². The van der Waals surface area contributed by atoms with Crippen molar-refractivity contribution in [3.8, 4) is 0 Å². The highest BCUT2D eigenvalue weighted by atomic mass is 35.5. The molecule has 0 heterocycles. The van der Waals surface area contributed by atoms with Crippen molar-refractivity contribution in [3.05, 3.63) is 82.5 Å². The number of carbonyl (C=O) groups is 2. The molecule has 2 N–H and O–H groups in total. The predicted octanol–water partition coefficient (Wildman–Crippen LogP) is 3.36. The zero-order chi connectivity index (χ0) is 15.9. The molecule has 22 heavy (non-hydrogen) atoms. The number of hydrazine groups is 1.